The maximum absolute atomic E-state index is 14.2. The number of hydrogen-bond donors (Lipinski definition) is 0. The second-order valence-electron chi connectivity index (χ2n) is 6.76. The van der Waals surface area contributed by atoms with Crippen LogP contribution in [0, 0.1) is 17.3 Å². The Morgan fingerprint density at radius 1 is 0.957 bits per heavy atom. The van der Waals surface area contributed by atoms with Crippen LogP contribution in [0.3, 0.4) is 0 Å². The molecular formula is C14H19F9. The summed E-state index contributed by atoms with van der Waals surface area (Å²) < 4.78 is 119. The second kappa shape index (κ2) is 5.72. The quantitative estimate of drug-likeness (QED) is 0.519. The van der Waals surface area contributed by atoms with Gasteiger partial charge >= 0.3 is 12.4 Å². The number of rotatable bonds is 3. The molecule has 1 aliphatic carbocycles. The van der Waals surface area contributed by atoms with Gasteiger partial charge in [0, 0.05) is 5.92 Å². The second-order valence-corrected chi connectivity index (χ2v) is 6.76. The van der Waals surface area contributed by atoms with Crippen LogP contribution in [0.25, 0.3) is 0 Å². The smallest absolute Gasteiger partial charge is 0.238 e. The molecule has 0 aromatic carbocycles. The average Bonchev–Trinajstić information content (AvgIpc) is 2.30. The van der Waals surface area contributed by atoms with E-state index in [9.17, 15) is 39.5 Å². The summed E-state index contributed by atoms with van der Waals surface area (Å²) in [6.07, 6.45) is -14.5. The van der Waals surface area contributed by atoms with Crippen LogP contribution in [0.5, 0.6) is 0 Å². The monoisotopic (exact) mass is 358 g/mol. The van der Waals surface area contributed by atoms with E-state index < -0.39 is 60.5 Å². The van der Waals surface area contributed by atoms with Crippen LogP contribution in [0.15, 0.2) is 0 Å². The van der Waals surface area contributed by atoms with Crippen LogP contribution in [0.4, 0.5) is 39.5 Å². The average molecular weight is 358 g/mol. The third-order valence-electron chi connectivity index (χ3n) is 4.94. The van der Waals surface area contributed by atoms with Gasteiger partial charge in [0.1, 0.15) is 0 Å². The standard InChI is InChI=1S/C14H19F9/c1-4-9-5-8(7-11(3,15)12(9,16)17)6-10(2,13(18,19)20)14(21,22)23/h8-9H,4-7H2,1-3H3. The molecule has 1 saturated carbocycles. The Morgan fingerprint density at radius 2 is 1.39 bits per heavy atom. The van der Waals surface area contributed by atoms with Crippen molar-refractivity contribution in [3.05, 3.63) is 0 Å². The van der Waals surface area contributed by atoms with Crippen molar-refractivity contribution in [1.29, 1.82) is 0 Å². The van der Waals surface area contributed by atoms with Gasteiger partial charge in [-0.3, -0.25) is 0 Å². The Kier molecular flexibility index (Phi) is 5.08. The lowest BCUT2D eigenvalue weighted by Gasteiger charge is -2.46. The Bertz CT molecular complexity index is 405. The molecule has 0 spiro atoms. The van der Waals surface area contributed by atoms with Gasteiger partial charge in [0.25, 0.3) is 5.92 Å². The SMILES string of the molecule is CCC1CC(CC(C)(C(F)(F)F)C(F)(F)F)CC(C)(F)C1(F)F. The minimum Gasteiger partial charge on any atom is -0.238 e. The van der Waals surface area contributed by atoms with Gasteiger partial charge in [0.2, 0.25) is 0 Å². The molecule has 0 aromatic heterocycles. The largest absolute Gasteiger partial charge is 0.402 e. The van der Waals surface area contributed by atoms with Crippen LogP contribution >= 0.6 is 0 Å². The molecule has 0 radical (unpaired) electrons. The predicted octanol–water partition coefficient (Wildman–Crippen LogP) is 6.31. The van der Waals surface area contributed by atoms with Crippen molar-refractivity contribution >= 4 is 0 Å². The fourth-order valence-electron chi connectivity index (χ4n) is 3.29. The Hall–Kier alpha value is -0.630. The van der Waals surface area contributed by atoms with Gasteiger partial charge in [-0.2, -0.15) is 26.3 Å². The van der Waals surface area contributed by atoms with Crippen molar-refractivity contribution in [1.82, 2.24) is 0 Å². The molecule has 0 saturated heterocycles. The van der Waals surface area contributed by atoms with E-state index in [1.165, 1.54) is 6.92 Å². The molecule has 3 atom stereocenters. The minimum absolute atomic E-state index is 0.00370. The van der Waals surface area contributed by atoms with Crippen molar-refractivity contribution < 1.29 is 39.5 Å². The van der Waals surface area contributed by atoms with Crippen molar-refractivity contribution in [3.8, 4) is 0 Å². The summed E-state index contributed by atoms with van der Waals surface area (Å²) in [4.78, 5) is 0. The highest BCUT2D eigenvalue weighted by molar-refractivity contribution is 5.03. The summed E-state index contributed by atoms with van der Waals surface area (Å²) in [6.45, 7) is 1.85. The molecule has 0 bridgehead atoms. The highest BCUT2D eigenvalue weighted by Crippen LogP contribution is 2.58. The van der Waals surface area contributed by atoms with Crippen molar-refractivity contribution in [2.45, 2.75) is 70.4 Å². The van der Waals surface area contributed by atoms with E-state index in [1.54, 1.807) is 0 Å². The van der Waals surface area contributed by atoms with E-state index in [2.05, 4.69) is 0 Å². The molecule has 1 rings (SSSR count). The van der Waals surface area contributed by atoms with Crippen molar-refractivity contribution in [2.75, 3.05) is 0 Å². The fraction of sp³-hybridized carbons (Fsp3) is 1.00. The van der Waals surface area contributed by atoms with Crippen molar-refractivity contribution in [2.24, 2.45) is 17.3 Å². The lowest BCUT2D eigenvalue weighted by Crippen LogP contribution is -2.55. The molecule has 0 aromatic rings. The third-order valence-corrected chi connectivity index (χ3v) is 4.94. The Balaban J connectivity index is 3.13. The van der Waals surface area contributed by atoms with Gasteiger partial charge in [0.15, 0.2) is 11.1 Å². The van der Waals surface area contributed by atoms with Crippen LogP contribution in [0.2, 0.25) is 0 Å². The summed E-state index contributed by atoms with van der Waals surface area (Å²) in [6, 6.07) is 0. The molecule has 138 valence electrons. The molecule has 0 nitrogen and oxygen atoms in total. The summed E-state index contributed by atoms with van der Waals surface area (Å²) in [5, 5.41) is 0. The topological polar surface area (TPSA) is 0 Å². The lowest BCUT2D eigenvalue weighted by molar-refractivity contribution is -0.342. The van der Waals surface area contributed by atoms with Gasteiger partial charge in [-0.05, 0) is 45.4 Å². The highest BCUT2D eigenvalue weighted by atomic mass is 19.4. The Morgan fingerprint density at radius 3 is 1.74 bits per heavy atom. The molecule has 0 aliphatic heterocycles. The summed E-state index contributed by atoms with van der Waals surface area (Å²) >= 11 is 0. The van der Waals surface area contributed by atoms with Gasteiger partial charge < -0.3 is 0 Å². The molecular weight excluding hydrogens is 339 g/mol. The maximum atomic E-state index is 14.2. The van der Waals surface area contributed by atoms with Gasteiger partial charge in [-0.25, -0.2) is 13.2 Å². The van der Waals surface area contributed by atoms with Gasteiger partial charge in [-0.15, -0.1) is 0 Å². The third kappa shape index (κ3) is 3.43. The van der Waals surface area contributed by atoms with Crippen molar-refractivity contribution in [3.63, 3.8) is 0 Å². The first-order valence-corrected chi connectivity index (χ1v) is 7.19. The summed E-state index contributed by atoms with van der Waals surface area (Å²) in [5.41, 5.74) is -7.18. The highest BCUT2D eigenvalue weighted by Gasteiger charge is 2.69. The minimum atomic E-state index is -5.60. The van der Waals surface area contributed by atoms with Crippen LogP contribution < -0.4 is 0 Å². The molecule has 23 heavy (non-hydrogen) atoms. The van der Waals surface area contributed by atoms with E-state index >= 15 is 0 Å². The normalized spacial score (nSPS) is 32.9. The van der Waals surface area contributed by atoms with Crippen LogP contribution in [0.1, 0.15) is 46.5 Å². The summed E-state index contributed by atoms with van der Waals surface area (Å²) in [5.74, 6) is -6.78. The molecule has 1 aliphatic rings. The van der Waals surface area contributed by atoms with Crippen LogP contribution in [-0.4, -0.2) is 23.9 Å². The zero-order chi connectivity index (χ0) is 18.5. The van der Waals surface area contributed by atoms with E-state index in [0.29, 0.717) is 6.92 Å². The first kappa shape index (κ1) is 20.4. The number of alkyl halides is 9. The maximum Gasteiger partial charge on any atom is 0.402 e. The molecule has 1 fully saturated rings. The molecule has 0 amide bonds. The van der Waals surface area contributed by atoms with E-state index in [4.69, 9.17) is 0 Å². The number of hydrogen-bond acceptors (Lipinski definition) is 0. The fourth-order valence-corrected chi connectivity index (χ4v) is 3.29. The molecule has 9 heteroatoms. The molecule has 0 heterocycles. The van der Waals surface area contributed by atoms with Gasteiger partial charge in [0.05, 0.1) is 0 Å². The van der Waals surface area contributed by atoms with E-state index in [-0.39, 0.29) is 13.3 Å². The lowest BCUT2D eigenvalue weighted by atomic mass is 9.65. The zero-order valence-electron chi connectivity index (χ0n) is 12.9. The van der Waals surface area contributed by atoms with E-state index in [1.807, 2.05) is 0 Å². The van der Waals surface area contributed by atoms with Crippen LogP contribution in [-0.2, 0) is 0 Å². The summed E-state index contributed by atoms with van der Waals surface area (Å²) in [7, 11) is 0. The zero-order valence-corrected chi connectivity index (χ0v) is 12.9. The predicted molar refractivity (Wildman–Crippen MR) is 65.8 cm³/mol. The van der Waals surface area contributed by atoms with Gasteiger partial charge in [-0.1, -0.05) is 6.92 Å². The molecule has 3 unspecified atom stereocenters. The van der Waals surface area contributed by atoms with E-state index in [0.717, 1.165) is 0 Å². The molecule has 0 N–H and O–H groups in total. The first-order chi connectivity index (χ1) is 9.99. The Labute approximate surface area is 128 Å². The first-order valence-electron chi connectivity index (χ1n) is 7.19. The number of halogens is 9.